The molecule has 0 amide bonds. The second-order valence-corrected chi connectivity index (χ2v) is 13.4. The Bertz CT molecular complexity index is 1110. The third-order valence-electron chi connectivity index (χ3n) is 12.1. The monoisotopic (exact) mass is 594 g/mol. The van der Waals surface area contributed by atoms with Crippen LogP contribution in [0.15, 0.2) is 12.2 Å². The first-order valence-electron chi connectivity index (χ1n) is 15.0. The summed E-state index contributed by atoms with van der Waals surface area (Å²) in [4.78, 5) is 27.4. The lowest BCUT2D eigenvalue weighted by Gasteiger charge is -2.50. The fourth-order valence-corrected chi connectivity index (χ4v) is 10.6. The Labute approximate surface area is 247 Å². The van der Waals surface area contributed by atoms with Gasteiger partial charge in [-0.25, -0.2) is 0 Å². The molecular weight excluding hydrogens is 548 g/mol. The Hall–Kier alpha value is -1.60. The van der Waals surface area contributed by atoms with Crippen LogP contribution in [0.4, 0.5) is 0 Å². The number of ether oxygens (including phenoxy) is 9. The SMILES string of the molecule is C=C1CC23C[C@@]1(O[C@@H]1O[C@H](COC)[C@@H](OC)[C@H](OC)[C@H]1OC)CCC2[C@@]12CCC(OC)[C@@](C)(C(=O)O1)C2C3C(=O)OC. The molecule has 6 aliphatic rings. The van der Waals surface area contributed by atoms with Gasteiger partial charge in [-0.3, -0.25) is 9.59 Å². The maximum absolute atomic E-state index is 13.8. The van der Waals surface area contributed by atoms with Crippen molar-refractivity contribution in [3.8, 4) is 0 Å². The fourth-order valence-electron chi connectivity index (χ4n) is 10.6. The van der Waals surface area contributed by atoms with Crippen molar-refractivity contribution >= 4 is 11.9 Å². The normalized spacial score (nSPS) is 50.8. The number of carbonyl (C=O) groups is 2. The van der Waals surface area contributed by atoms with E-state index in [0.717, 1.165) is 5.57 Å². The van der Waals surface area contributed by atoms with Gasteiger partial charge in [-0.1, -0.05) is 6.58 Å². The van der Waals surface area contributed by atoms with E-state index in [1.165, 1.54) is 7.11 Å². The highest BCUT2D eigenvalue weighted by Gasteiger charge is 2.85. The summed E-state index contributed by atoms with van der Waals surface area (Å²) in [5, 5.41) is 0. The summed E-state index contributed by atoms with van der Waals surface area (Å²) < 4.78 is 54.2. The van der Waals surface area contributed by atoms with Crippen LogP contribution >= 0.6 is 0 Å². The van der Waals surface area contributed by atoms with E-state index >= 15 is 0 Å². The molecule has 4 bridgehead atoms. The summed E-state index contributed by atoms with van der Waals surface area (Å²) >= 11 is 0. The Morgan fingerprint density at radius 3 is 2.31 bits per heavy atom. The molecule has 6 rings (SSSR count). The summed E-state index contributed by atoms with van der Waals surface area (Å²) in [6.45, 7) is 6.74. The molecule has 0 aromatic heterocycles. The smallest absolute Gasteiger partial charge is 0.315 e. The van der Waals surface area contributed by atoms with E-state index in [0.29, 0.717) is 38.5 Å². The van der Waals surface area contributed by atoms with Gasteiger partial charge in [-0.05, 0) is 56.4 Å². The standard InChI is InChI=1S/C31H46O11/c1-16-13-29-15-30(16,41-26-23(38-7)22(37-6)21(36-5)17(40-26)14-34-3)11-9-18(29)31-12-10-19(35-4)28(2,27(33)42-31)24(31)20(29)25(32)39-8/h17-24,26H,1,9-15H2,2-8H3/t17-,18?,19?,20?,21-,22+,23-,24?,26+,28-,29?,30+,31-/m1/s1. The van der Waals surface area contributed by atoms with Gasteiger partial charge in [0.05, 0.1) is 36.8 Å². The molecule has 0 radical (unpaired) electrons. The van der Waals surface area contributed by atoms with E-state index in [4.69, 9.17) is 42.6 Å². The molecular formula is C31H46O11. The topological polar surface area (TPSA) is 117 Å². The van der Waals surface area contributed by atoms with Crippen LogP contribution < -0.4 is 0 Å². The molecule has 2 heterocycles. The zero-order chi connectivity index (χ0) is 30.2. The molecule has 11 nitrogen and oxygen atoms in total. The molecule has 236 valence electrons. The third-order valence-corrected chi connectivity index (χ3v) is 12.1. The van der Waals surface area contributed by atoms with Crippen molar-refractivity contribution in [3.05, 3.63) is 12.2 Å². The molecule has 0 aromatic rings. The maximum Gasteiger partial charge on any atom is 0.315 e. The quantitative estimate of drug-likeness (QED) is 0.289. The van der Waals surface area contributed by atoms with Crippen LogP contribution in [-0.4, -0.2) is 109 Å². The van der Waals surface area contributed by atoms with Crippen LogP contribution in [-0.2, 0) is 52.2 Å². The molecule has 42 heavy (non-hydrogen) atoms. The van der Waals surface area contributed by atoms with Gasteiger partial charge in [0.1, 0.15) is 30.0 Å². The Morgan fingerprint density at radius 1 is 0.976 bits per heavy atom. The highest BCUT2D eigenvalue weighted by atomic mass is 16.7. The van der Waals surface area contributed by atoms with Crippen LogP contribution in [0.25, 0.3) is 0 Å². The third kappa shape index (κ3) is 3.71. The average Bonchev–Trinajstić information content (AvgIpc) is 3.40. The van der Waals surface area contributed by atoms with Crippen LogP contribution in [0.5, 0.6) is 0 Å². The van der Waals surface area contributed by atoms with Gasteiger partial charge in [0.15, 0.2) is 6.29 Å². The zero-order valence-corrected chi connectivity index (χ0v) is 25.8. The number of fused-ring (bicyclic) bond motifs is 1. The van der Waals surface area contributed by atoms with Crippen LogP contribution in [0.2, 0.25) is 0 Å². The van der Waals surface area contributed by atoms with E-state index in [1.807, 2.05) is 6.92 Å². The van der Waals surface area contributed by atoms with Gasteiger partial charge in [-0.15, -0.1) is 0 Å². The molecule has 13 atom stereocenters. The first-order chi connectivity index (χ1) is 20.1. The van der Waals surface area contributed by atoms with Gasteiger partial charge < -0.3 is 42.6 Å². The Morgan fingerprint density at radius 2 is 1.69 bits per heavy atom. The zero-order valence-electron chi connectivity index (χ0n) is 25.8. The number of rotatable bonds is 9. The maximum atomic E-state index is 13.8. The van der Waals surface area contributed by atoms with Gasteiger partial charge in [0.25, 0.3) is 0 Å². The number of methoxy groups -OCH3 is 6. The minimum absolute atomic E-state index is 0.0324. The molecule has 0 aromatic carbocycles. The first-order valence-corrected chi connectivity index (χ1v) is 15.0. The van der Waals surface area contributed by atoms with Crippen molar-refractivity contribution < 1.29 is 52.2 Å². The van der Waals surface area contributed by atoms with Crippen molar-refractivity contribution in [2.24, 2.45) is 28.6 Å². The van der Waals surface area contributed by atoms with Crippen molar-refractivity contribution in [1.82, 2.24) is 0 Å². The number of hydrogen-bond donors (Lipinski definition) is 0. The van der Waals surface area contributed by atoms with Crippen LogP contribution in [0.1, 0.15) is 45.4 Å². The number of hydrogen-bond acceptors (Lipinski definition) is 11. The highest BCUT2D eigenvalue weighted by Crippen LogP contribution is 2.79. The average molecular weight is 595 g/mol. The molecule has 2 saturated heterocycles. The van der Waals surface area contributed by atoms with Crippen molar-refractivity contribution in [3.63, 3.8) is 0 Å². The Kier molecular flexibility index (Phi) is 7.60. The molecule has 4 saturated carbocycles. The number of carbonyl (C=O) groups excluding carboxylic acids is 2. The minimum atomic E-state index is -0.951. The molecule has 1 spiro atoms. The second-order valence-electron chi connectivity index (χ2n) is 13.4. The molecule has 0 N–H and O–H groups in total. The van der Waals surface area contributed by atoms with Gasteiger partial charge >= 0.3 is 11.9 Å². The summed E-state index contributed by atoms with van der Waals surface area (Å²) in [6.07, 6.45) is 0.783. The lowest BCUT2D eigenvalue weighted by atomic mass is 9.59. The van der Waals surface area contributed by atoms with Crippen molar-refractivity contribution in [2.75, 3.05) is 49.3 Å². The predicted molar refractivity (Wildman–Crippen MR) is 146 cm³/mol. The van der Waals surface area contributed by atoms with E-state index in [9.17, 15) is 9.59 Å². The van der Waals surface area contributed by atoms with Crippen LogP contribution in [0, 0.1) is 28.6 Å². The van der Waals surface area contributed by atoms with Crippen molar-refractivity contribution in [2.45, 2.75) is 93.5 Å². The summed E-state index contributed by atoms with van der Waals surface area (Å²) in [6, 6.07) is 0. The largest absolute Gasteiger partial charge is 0.469 e. The van der Waals surface area contributed by atoms with Gasteiger partial charge in [0.2, 0.25) is 0 Å². The summed E-state index contributed by atoms with van der Waals surface area (Å²) in [5.41, 5.74) is -2.10. The number of esters is 2. The first kappa shape index (κ1) is 30.4. The summed E-state index contributed by atoms with van der Waals surface area (Å²) in [5.74, 6) is -1.55. The molecule has 11 heteroatoms. The van der Waals surface area contributed by atoms with E-state index in [2.05, 4.69) is 6.58 Å². The van der Waals surface area contributed by atoms with Gasteiger partial charge in [-0.2, -0.15) is 0 Å². The minimum Gasteiger partial charge on any atom is -0.469 e. The second kappa shape index (κ2) is 10.5. The molecule has 5 unspecified atom stereocenters. The molecule has 2 aliphatic heterocycles. The van der Waals surface area contributed by atoms with Gasteiger partial charge in [0, 0.05) is 47.4 Å². The lowest BCUT2D eigenvalue weighted by Crippen LogP contribution is -2.63. The highest BCUT2D eigenvalue weighted by molar-refractivity contribution is 5.86. The lowest BCUT2D eigenvalue weighted by molar-refractivity contribution is -0.335. The summed E-state index contributed by atoms with van der Waals surface area (Å²) in [7, 11) is 9.50. The predicted octanol–water partition coefficient (Wildman–Crippen LogP) is 2.43. The fraction of sp³-hybridized carbons (Fsp3) is 0.871. The molecule has 6 fully saturated rings. The Balaban J connectivity index is 1.38. The van der Waals surface area contributed by atoms with Crippen LogP contribution in [0.3, 0.4) is 0 Å². The van der Waals surface area contributed by atoms with E-state index in [1.54, 1.807) is 35.5 Å². The molecule has 4 aliphatic carbocycles. The van der Waals surface area contributed by atoms with E-state index in [-0.39, 0.29) is 36.5 Å². The van der Waals surface area contributed by atoms with E-state index < -0.39 is 58.7 Å². The van der Waals surface area contributed by atoms with Crippen molar-refractivity contribution in [1.29, 1.82) is 0 Å².